The zero-order valence-electron chi connectivity index (χ0n) is 14.2. The minimum atomic E-state index is 0.164. The minimum Gasteiger partial charge on any atom is -0.334 e. The topological polar surface area (TPSA) is 20.3 Å². The van der Waals surface area contributed by atoms with Gasteiger partial charge >= 0.3 is 0 Å². The third kappa shape index (κ3) is 2.94. The molecule has 0 atom stereocenters. The van der Waals surface area contributed by atoms with Gasteiger partial charge in [-0.1, -0.05) is 28.1 Å². The summed E-state index contributed by atoms with van der Waals surface area (Å²) in [7, 11) is 0. The number of amides is 1. The summed E-state index contributed by atoms with van der Waals surface area (Å²) in [6, 6.07) is 8.54. The van der Waals surface area contributed by atoms with Crippen molar-refractivity contribution < 1.29 is 4.79 Å². The number of halogens is 1. The molecule has 0 fully saturated rings. The molecule has 2 nitrogen and oxygen atoms in total. The fourth-order valence-electron chi connectivity index (χ4n) is 3.39. The van der Waals surface area contributed by atoms with Crippen LogP contribution < -0.4 is 0 Å². The van der Waals surface area contributed by atoms with Crippen molar-refractivity contribution in [2.24, 2.45) is 0 Å². The van der Waals surface area contributed by atoms with Gasteiger partial charge in [0.2, 0.25) is 0 Å². The first kappa shape index (κ1) is 16.3. The van der Waals surface area contributed by atoms with Gasteiger partial charge < -0.3 is 4.90 Å². The Labute approximate surface area is 146 Å². The SMILES string of the molecule is Cc1cc(C)c(C)c(C(=O)N2CCc3ccc(Br)cc3C2)c1C. The van der Waals surface area contributed by atoms with E-state index in [1.165, 1.54) is 22.3 Å². The number of carbonyl (C=O) groups is 1. The van der Waals surface area contributed by atoms with Crippen molar-refractivity contribution in [3.05, 3.63) is 67.7 Å². The predicted octanol–water partition coefficient (Wildman–Crippen LogP) is 4.88. The molecule has 120 valence electrons. The molecule has 0 spiro atoms. The molecule has 0 aliphatic carbocycles. The largest absolute Gasteiger partial charge is 0.334 e. The second-order valence-corrected chi connectivity index (χ2v) is 7.44. The molecule has 1 heterocycles. The zero-order chi connectivity index (χ0) is 16.7. The summed E-state index contributed by atoms with van der Waals surface area (Å²) < 4.78 is 1.07. The predicted molar refractivity (Wildman–Crippen MR) is 98.0 cm³/mol. The van der Waals surface area contributed by atoms with Gasteiger partial charge in [0.15, 0.2) is 0 Å². The highest BCUT2D eigenvalue weighted by molar-refractivity contribution is 9.10. The molecule has 0 N–H and O–H groups in total. The van der Waals surface area contributed by atoms with Gasteiger partial charge in [0.05, 0.1) is 0 Å². The van der Waals surface area contributed by atoms with E-state index in [4.69, 9.17) is 0 Å². The summed E-state index contributed by atoms with van der Waals surface area (Å²) in [4.78, 5) is 15.1. The van der Waals surface area contributed by atoms with E-state index >= 15 is 0 Å². The van der Waals surface area contributed by atoms with E-state index in [1.54, 1.807) is 0 Å². The molecule has 1 amide bonds. The number of benzene rings is 2. The number of aryl methyl sites for hydroxylation is 2. The summed E-state index contributed by atoms with van der Waals surface area (Å²) in [6.45, 7) is 9.77. The molecule has 0 aromatic heterocycles. The van der Waals surface area contributed by atoms with Gasteiger partial charge in [0.25, 0.3) is 5.91 Å². The van der Waals surface area contributed by atoms with Crippen LogP contribution in [-0.2, 0) is 13.0 Å². The number of rotatable bonds is 1. The highest BCUT2D eigenvalue weighted by atomic mass is 79.9. The third-order valence-electron chi connectivity index (χ3n) is 5.05. The van der Waals surface area contributed by atoms with Gasteiger partial charge in [-0.3, -0.25) is 4.79 Å². The lowest BCUT2D eigenvalue weighted by Crippen LogP contribution is -2.36. The average Bonchev–Trinajstić information content (AvgIpc) is 2.52. The van der Waals surface area contributed by atoms with Crippen molar-refractivity contribution in [2.45, 2.75) is 40.7 Å². The van der Waals surface area contributed by atoms with Crippen LogP contribution in [0.4, 0.5) is 0 Å². The highest BCUT2D eigenvalue weighted by Crippen LogP contribution is 2.27. The van der Waals surface area contributed by atoms with E-state index in [-0.39, 0.29) is 5.91 Å². The second kappa shape index (κ2) is 6.12. The number of hydrogen-bond acceptors (Lipinski definition) is 1. The fraction of sp³-hybridized carbons (Fsp3) is 0.350. The van der Waals surface area contributed by atoms with Crippen LogP contribution >= 0.6 is 15.9 Å². The Morgan fingerprint density at radius 1 is 1.00 bits per heavy atom. The zero-order valence-corrected chi connectivity index (χ0v) is 15.8. The molecule has 0 radical (unpaired) electrons. The molecule has 3 rings (SSSR count). The molecule has 23 heavy (non-hydrogen) atoms. The molecule has 2 aromatic rings. The Morgan fingerprint density at radius 2 is 1.65 bits per heavy atom. The van der Waals surface area contributed by atoms with Crippen LogP contribution in [0.5, 0.6) is 0 Å². The lowest BCUT2D eigenvalue weighted by molar-refractivity contribution is 0.0733. The van der Waals surface area contributed by atoms with E-state index in [9.17, 15) is 4.79 Å². The first-order valence-electron chi connectivity index (χ1n) is 8.02. The van der Waals surface area contributed by atoms with Gasteiger partial charge in [-0.2, -0.15) is 0 Å². The maximum atomic E-state index is 13.2. The molecule has 0 unspecified atom stereocenters. The standard InChI is InChI=1S/C20H22BrNO/c1-12-9-13(2)15(4)19(14(12)3)20(23)22-8-7-16-5-6-18(21)10-17(16)11-22/h5-6,9-10H,7-8,11H2,1-4H3. The van der Waals surface area contributed by atoms with Crippen molar-refractivity contribution in [1.82, 2.24) is 4.90 Å². The summed E-state index contributed by atoms with van der Waals surface area (Å²) in [5, 5.41) is 0. The molecule has 0 saturated carbocycles. The van der Waals surface area contributed by atoms with Crippen LogP contribution in [0.3, 0.4) is 0 Å². The van der Waals surface area contributed by atoms with E-state index in [2.05, 4.69) is 67.9 Å². The average molecular weight is 372 g/mol. The normalized spacial score (nSPS) is 13.9. The van der Waals surface area contributed by atoms with Crippen molar-refractivity contribution >= 4 is 21.8 Å². The molecule has 0 bridgehead atoms. The van der Waals surface area contributed by atoms with Gasteiger partial charge in [-0.05, 0) is 79.6 Å². The number of carbonyl (C=O) groups excluding carboxylic acids is 1. The second-order valence-electron chi connectivity index (χ2n) is 6.53. The Morgan fingerprint density at radius 3 is 2.30 bits per heavy atom. The number of hydrogen-bond donors (Lipinski definition) is 0. The molecule has 3 heteroatoms. The first-order valence-corrected chi connectivity index (χ1v) is 8.81. The molecule has 2 aromatic carbocycles. The van der Waals surface area contributed by atoms with E-state index < -0.39 is 0 Å². The summed E-state index contributed by atoms with van der Waals surface area (Å²) in [5.74, 6) is 0.164. The maximum absolute atomic E-state index is 13.2. The number of nitrogens with zero attached hydrogens (tertiary/aromatic N) is 1. The Balaban J connectivity index is 1.97. The van der Waals surface area contributed by atoms with E-state index in [0.29, 0.717) is 6.54 Å². The van der Waals surface area contributed by atoms with Crippen molar-refractivity contribution in [3.63, 3.8) is 0 Å². The van der Waals surface area contributed by atoms with Crippen LogP contribution in [-0.4, -0.2) is 17.4 Å². The minimum absolute atomic E-state index is 0.164. The third-order valence-corrected chi connectivity index (χ3v) is 5.54. The molecule has 1 aliphatic rings. The molecule has 1 aliphatic heterocycles. The van der Waals surface area contributed by atoms with Crippen LogP contribution in [0, 0.1) is 27.7 Å². The number of fused-ring (bicyclic) bond motifs is 1. The van der Waals surface area contributed by atoms with Crippen LogP contribution in [0.15, 0.2) is 28.7 Å². The van der Waals surface area contributed by atoms with Crippen LogP contribution in [0.2, 0.25) is 0 Å². The smallest absolute Gasteiger partial charge is 0.254 e. The molecular weight excluding hydrogens is 350 g/mol. The summed E-state index contributed by atoms with van der Waals surface area (Å²) >= 11 is 3.53. The van der Waals surface area contributed by atoms with Crippen molar-refractivity contribution in [1.29, 1.82) is 0 Å². The summed E-state index contributed by atoms with van der Waals surface area (Å²) in [5.41, 5.74) is 8.09. The fourth-order valence-corrected chi connectivity index (χ4v) is 3.80. The molecule has 0 saturated heterocycles. The Hall–Kier alpha value is -1.61. The van der Waals surface area contributed by atoms with Gasteiger partial charge in [0, 0.05) is 23.1 Å². The van der Waals surface area contributed by atoms with E-state index in [0.717, 1.165) is 34.1 Å². The monoisotopic (exact) mass is 371 g/mol. The molecular formula is C20H22BrNO. The van der Waals surface area contributed by atoms with E-state index in [1.807, 2.05) is 4.90 Å². The van der Waals surface area contributed by atoms with Gasteiger partial charge in [0.1, 0.15) is 0 Å². The quantitative estimate of drug-likeness (QED) is 0.699. The summed E-state index contributed by atoms with van der Waals surface area (Å²) in [6.07, 6.45) is 0.928. The van der Waals surface area contributed by atoms with Gasteiger partial charge in [-0.25, -0.2) is 0 Å². The lowest BCUT2D eigenvalue weighted by Gasteiger charge is -2.30. The maximum Gasteiger partial charge on any atom is 0.254 e. The van der Waals surface area contributed by atoms with Crippen LogP contribution in [0.25, 0.3) is 0 Å². The lowest BCUT2D eigenvalue weighted by atomic mass is 9.92. The van der Waals surface area contributed by atoms with Crippen molar-refractivity contribution in [2.75, 3.05) is 6.54 Å². The Kier molecular flexibility index (Phi) is 4.33. The Bertz CT molecular complexity index is 768. The van der Waals surface area contributed by atoms with Crippen LogP contribution in [0.1, 0.15) is 43.7 Å². The first-order chi connectivity index (χ1) is 10.9. The van der Waals surface area contributed by atoms with Crippen molar-refractivity contribution in [3.8, 4) is 0 Å². The highest BCUT2D eigenvalue weighted by Gasteiger charge is 2.25. The van der Waals surface area contributed by atoms with Gasteiger partial charge in [-0.15, -0.1) is 0 Å².